The quantitative estimate of drug-likeness (QED) is 0.396. The molecule has 0 aromatic heterocycles. The van der Waals surface area contributed by atoms with Crippen molar-refractivity contribution >= 4 is 7.60 Å². The minimum absolute atomic E-state index is 0. The molecule has 0 fully saturated rings. The van der Waals surface area contributed by atoms with Gasteiger partial charge in [0.2, 0.25) is 0 Å². The molecule has 1 rings (SSSR count). The molecule has 0 N–H and O–H groups in total. The maximum atomic E-state index is 14.1. The van der Waals surface area contributed by atoms with E-state index in [-0.39, 0.29) is 50.2 Å². The molecule has 7 heteroatoms. The van der Waals surface area contributed by atoms with Crippen LogP contribution in [0.1, 0.15) is 73.9 Å². The van der Waals surface area contributed by atoms with Gasteiger partial charge < -0.3 is 14.2 Å². The summed E-state index contributed by atoms with van der Waals surface area (Å²) in [5, 5.41) is 13.8. The van der Waals surface area contributed by atoms with Gasteiger partial charge in [0.25, 0.3) is 0 Å². The first-order chi connectivity index (χ1) is 13.4. The number of nitrogens with zero attached hydrogens (tertiary/aromatic N) is 1. The summed E-state index contributed by atoms with van der Waals surface area (Å²) in [6, 6.07) is 9.79. The van der Waals surface area contributed by atoms with Gasteiger partial charge in [0.1, 0.15) is 0 Å². The molecule has 0 bridgehead atoms. The Hall–Kier alpha value is -0.113. The van der Waals surface area contributed by atoms with Crippen molar-refractivity contribution in [2.75, 3.05) is 13.2 Å². The zero-order chi connectivity index (χ0) is 22.4. The van der Waals surface area contributed by atoms with Crippen LogP contribution in [0, 0.1) is 5.41 Å². The maximum Gasteiger partial charge on any atom is 1.00 e. The van der Waals surface area contributed by atoms with Crippen molar-refractivity contribution < 1.29 is 37.6 Å². The Morgan fingerprint density at radius 2 is 1.40 bits per heavy atom. The molecule has 0 heterocycles. The molecule has 3 unspecified atom stereocenters. The molecule has 0 aliphatic heterocycles. The largest absolute Gasteiger partial charge is 1.00 e. The fourth-order valence-electron chi connectivity index (χ4n) is 4.02. The Morgan fingerprint density at radius 1 is 0.967 bits per heavy atom. The Bertz CT molecular complexity index is 630. The molecule has 0 aliphatic rings. The van der Waals surface area contributed by atoms with Gasteiger partial charge in [-0.25, -0.2) is 0 Å². The fourth-order valence-corrected chi connectivity index (χ4v) is 6.61. The molecule has 0 radical (unpaired) electrons. The van der Waals surface area contributed by atoms with E-state index in [0.29, 0.717) is 0 Å². The molecule has 0 aliphatic carbocycles. The van der Waals surface area contributed by atoms with Crippen LogP contribution in [0.4, 0.5) is 0 Å². The predicted octanol–water partition coefficient (Wildman–Crippen LogP) is 2.26. The van der Waals surface area contributed by atoms with Gasteiger partial charge in [0.05, 0.1) is 18.9 Å². The van der Waals surface area contributed by atoms with Gasteiger partial charge in [-0.2, -0.15) is 0 Å². The van der Waals surface area contributed by atoms with Crippen LogP contribution in [-0.4, -0.2) is 42.0 Å². The van der Waals surface area contributed by atoms with E-state index in [1.807, 2.05) is 51.1 Å². The SMILES string of the molecule is CCOP(=O)(OCC)C(C(c1ccccc1)N(C(C)C)C(C)C)C([O-])C(C)(C)C.[Li+]. The van der Waals surface area contributed by atoms with Crippen LogP contribution in [0.15, 0.2) is 30.3 Å². The summed E-state index contributed by atoms with van der Waals surface area (Å²) in [5.41, 5.74) is -0.486. The number of hydrogen-bond acceptors (Lipinski definition) is 5. The van der Waals surface area contributed by atoms with E-state index in [2.05, 4.69) is 32.6 Å². The van der Waals surface area contributed by atoms with Crippen molar-refractivity contribution in [2.45, 2.75) is 92.2 Å². The summed E-state index contributed by atoms with van der Waals surface area (Å²) in [7, 11) is -3.69. The van der Waals surface area contributed by atoms with Gasteiger partial charge in [-0.1, -0.05) is 51.1 Å². The molecule has 1 aromatic rings. The smallest absolute Gasteiger partial charge is 0.851 e. The normalized spacial score (nSPS) is 15.9. The van der Waals surface area contributed by atoms with Crippen LogP contribution in [0.2, 0.25) is 0 Å². The van der Waals surface area contributed by atoms with Crippen molar-refractivity contribution in [3.05, 3.63) is 35.9 Å². The molecule has 0 saturated heterocycles. The van der Waals surface area contributed by atoms with Crippen LogP contribution in [0.3, 0.4) is 0 Å². The standard InChI is InChI=1S/C23H41NO4P.Li/c1-10-27-29(26,28-11-2)21(22(25)23(7,8)9)20(19-15-13-12-14-16-19)24(17(3)4)18(5)6;/h12-18,20-22H,10-11H2,1-9H3;/q-1;+1. The minimum Gasteiger partial charge on any atom is -0.851 e. The Morgan fingerprint density at radius 3 is 1.73 bits per heavy atom. The van der Waals surface area contributed by atoms with Crippen molar-refractivity contribution in [1.82, 2.24) is 4.90 Å². The second-order valence-electron chi connectivity index (χ2n) is 9.14. The zero-order valence-electron chi connectivity index (χ0n) is 20.7. The average molecular weight is 433 g/mol. The van der Waals surface area contributed by atoms with E-state index in [0.717, 1.165) is 5.56 Å². The second kappa shape index (κ2) is 12.8. The van der Waals surface area contributed by atoms with Gasteiger partial charge in [0.15, 0.2) is 0 Å². The summed E-state index contributed by atoms with van der Waals surface area (Å²) in [6.45, 7) is 18.2. The van der Waals surface area contributed by atoms with Crippen molar-refractivity contribution in [2.24, 2.45) is 5.41 Å². The molecule has 0 amide bonds. The van der Waals surface area contributed by atoms with Gasteiger partial charge >= 0.3 is 26.5 Å². The van der Waals surface area contributed by atoms with E-state index in [4.69, 9.17) is 9.05 Å². The zero-order valence-corrected chi connectivity index (χ0v) is 21.6. The Kier molecular flexibility index (Phi) is 12.8. The average Bonchev–Trinajstić information content (AvgIpc) is 2.60. The third-order valence-corrected chi connectivity index (χ3v) is 7.65. The van der Waals surface area contributed by atoms with E-state index < -0.39 is 24.8 Å². The third-order valence-electron chi connectivity index (χ3n) is 5.13. The summed E-state index contributed by atoms with van der Waals surface area (Å²) in [6.07, 6.45) is -1.14. The monoisotopic (exact) mass is 433 g/mol. The van der Waals surface area contributed by atoms with E-state index in [1.165, 1.54) is 0 Å². The first-order valence-electron chi connectivity index (χ1n) is 10.8. The molecule has 0 spiro atoms. The number of hydrogen-bond donors (Lipinski definition) is 0. The first-order valence-corrected chi connectivity index (χ1v) is 12.4. The van der Waals surface area contributed by atoms with Crippen LogP contribution < -0.4 is 24.0 Å². The van der Waals surface area contributed by atoms with Gasteiger partial charge in [-0.3, -0.25) is 9.46 Å². The van der Waals surface area contributed by atoms with Crippen LogP contribution in [-0.2, 0) is 13.6 Å². The molecule has 0 saturated carbocycles. The van der Waals surface area contributed by atoms with E-state index in [1.54, 1.807) is 13.8 Å². The van der Waals surface area contributed by atoms with Gasteiger partial charge in [-0.05, 0) is 52.5 Å². The summed E-state index contributed by atoms with van der Waals surface area (Å²) < 4.78 is 25.6. The van der Waals surface area contributed by atoms with Crippen LogP contribution >= 0.6 is 7.60 Å². The molecular formula is C23H41LiNO4P. The molecule has 5 nitrogen and oxygen atoms in total. The third kappa shape index (κ3) is 7.49. The summed E-state index contributed by atoms with van der Waals surface area (Å²) in [4.78, 5) is 2.27. The van der Waals surface area contributed by atoms with Gasteiger partial charge in [0, 0.05) is 18.1 Å². The van der Waals surface area contributed by atoms with E-state index in [9.17, 15) is 9.67 Å². The topological polar surface area (TPSA) is 61.8 Å². The van der Waals surface area contributed by atoms with Crippen molar-refractivity contribution in [3.63, 3.8) is 0 Å². The Balaban J connectivity index is 0.00000841. The number of rotatable bonds is 11. The number of benzene rings is 1. The molecule has 30 heavy (non-hydrogen) atoms. The predicted molar refractivity (Wildman–Crippen MR) is 119 cm³/mol. The van der Waals surface area contributed by atoms with E-state index >= 15 is 0 Å². The van der Waals surface area contributed by atoms with Crippen molar-refractivity contribution in [3.8, 4) is 0 Å². The fraction of sp³-hybridized carbons (Fsp3) is 0.739. The molecule has 1 aromatic carbocycles. The molecular weight excluding hydrogens is 392 g/mol. The maximum absolute atomic E-state index is 14.1. The first kappa shape index (κ1) is 29.9. The molecule has 3 atom stereocenters. The second-order valence-corrected chi connectivity index (χ2v) is 11.3. The van der Waals surface area contributed by atoms with Crippen molar-refractivity contribution in [1.29, 1.82) is 0 Å². The summed E-state index contributed by atoms with van der Waals surface area (Å²) in [5.74, 6) is 0. The summed E-state index contributed by atoms with van der Waals surface area (Å²) >= 11 is 0. The Labute approximate surface area is 196 Å². The van der Waals surface area contributed by atoms with Crippen LogP contribution in [0.5, 0.6) is 0 Å². The molecule has 168 valence electrons. The van der Waals surface area contributed by atoms with Crippen LogP contribution in [0.25, 0.3) is 0 Å². The minimum atomic E-state index is -3.69. The van der Waals surface area contributed by atoms with Gasteiger partial charge in [-0.15, -0.1) is 6.10 Å².